The number of allylic oxidation sites excluding steroid dienone is 3. The van der Waals surface area contributed by atoms with Gasteiger partial charge in [-0.15, -0.1) is 0 Å². The number of hydrogen-bond acceptors (Lipinski definition) is 9. The number of cyclic esters (lactones) is 2. The molecule has 36 heavy (non-hydrogen) atoms. The molecule has 0 aromatic heterocycles. The van der Waals surface area contributed by atoms with Gasteiger partial charge in [-0.2, -0.15) is 0 Å². The predicted octanol–water partition coefficient (Wildman–Crippen LogP) is 2.17. The van der Waals surface area contributed by atoms with Gasteiger partial charge in [-0.05, 0) is 32.1 Å². The first kappa shape index (κ1) is 25.2. The predicted molar refractivity (Wildman–Crippen MR) is 125 cm³/mol. The van der Waals surface area contributed by atoms with Crippen LogP contribution < -0.4 is 0 Å². The maximum Gasteiger partial charge on any atom is 0.335 e. The molecule has 2 aliphatic carbocycles. The number of ether oxygens (including phenoxy) is 5. The third-order valence-electron chi connectivity index (χ3n) is 9.12. The van der Waals surface area contributed by atoms with Crippen molar-refractivity contribution in [2.24, 2.45) is 16.7 Å². The Kier molecular flexibility index (Phi) is 6.37. The molecule has 2 bridgehead atoms. The number of aliphatic hydroxyl groups is 1. The summed E-state index contributed by atoms with van der Waals surface area (Å²) in [4.78, 5) is 37.6. The van der Waals surface area contributed by atoms with Crippen molar-refractivity contribution in [2.75, 3.05) is 19.8 Å². The molecule has 3 fully saturated rings. The number of rotatable bonds is 0. The van der Waals surface area contributed by atoms with Gasteiger partial charge in [0.1, 0.15) is 18.3 Å². The van der Waals surface area contributed by atoms with Crippen LogP contribution in [0.4, 0.5) is 0 Å². The van der Waals surface area contributed by atoms with E-state index in [4.69, 9.17) is 23.7 Å². The lowest BCUT2D eigenvalue weighted by Gasteiger charge is -2.58. The monoisotopic (exact) mass is 502 g/mol. The van der Waals surface area contributed by atoms with E-state index in [1.54, 1.807) is 6.92 Å². The molecule has 5 aliphatic rings. The summed E-state index contributed by atoms with van der Waals surface area (Å²) in [5, 5.41) is 10.6. The van der Waals surface area contributed by atoms with Crippen molar-refractivity contribution in [3.8, 4) is 0 Å². The normalized spacial score (nSPS) is 46.8. The number of carbonyl (C=O) groups excluding carboxylic acids is 3. The van der Waals surface area contributed by atoms with E-state index in [1.165, 1.54) is 29.9 Å². The summed E-state index contributed by atoms with van der Waals surface area (Å²) in [5.74, 6) is -2.34. The maximum atomic E-state index is 12.9. The number of hydrogen-bond donors (Lipinski definition) is 1. The van der Waals surface area contributed by atoms with Crippen molar-refractivity contribution in [2.45, 2.75) is 76.5 Å². The lowest BCUT2D eigenvalue weighted by molar-refractivity contribution is -0.234. The molecule has 1 N–H and O–H groups in total. The Bertz CT molecular complexity index is 1020. The third kappa shape index (κ3) is 3.83. The minimum Gasteiger partial charge on any atom is -0.463 e. The molecule has 1 saturated carbocycles. The Morgan fingerprint density at radius 2 is 1.75 bits per heavy atom. The van der Waals surface area contributed by atoms with Gasteiger partial charge in [0.2, 0.25) is 0 Å². The van der Waals surface area contributed by atoms with Crippen LogP contribution in [0.25, 0.3) is 0 Å². The summed E-state index contributed by atoms with van der Waals surface area (Å²) >= 11 is 0. The van der Waals surface area contributed by atoms with Gasteiger partial charge in [-0.3, -0.25) is 0 Å². The van der Waals surface area contributed by atoms with E-state index in [0.717, 1.165) is 6.42 Å². The highest BCUT2D eigenvalue weighted by molar-refractivity contribution is 5.84. The molecule has 0 aromatic carbocycles. The molecule has 5 rings (SSSR count). The van der Waals surface area contributed by atoms with Crippen LogP contribution in [-0.2, 0) is 38.1 Å². The molecule has 8 atom stereocenters. The van der Waals surface area contributed by atoms with Crippen molar-refractivity contribution in [3.63, 3.8) is 0 Å². The first-order valence-electron chi connectivity index (χ1n) is 12.7. The van der Waals surface area contributed by atoms with Gasteiger partial charge in [0.05, 0.1) is 30.8 Å². The van der Waals surface area contributed by atoms with Crippen LogP contribution in [0.3, 0.4) is 0 Å². The molecule has 3 aliphatic heterocycles. The fraction of sp³-hybridized carbons (Fsp3) is 0.667. The van der Waals surface area contributed by atoms with E-state index in [1.807, 2.05) is 0 Å². The first-order valence-corrected chi connectivity index (χ1v) is 12.7. The average molecular weight is 503 g/mol. The second-order valence-corrected chi connectivity index (χ2v) is 11.0. The fourth-order valence-corrected chi connectivity index (χ4v) is 6.65. The Hall–Kier alpha value is -2.49. The highest BCUT2D eigenvalue weighted by atomic mass is 16.6. The molecule has 3 heterocycles. The topological polar surface area (TPSA) is 121 Å². The summed E-state index contributed by atoms with van der Waals surface area (Å²) < 4.78 is 29.6. The van der Waals surface area contributed by atoms with E-state index in [0.29, 0.717) is 19.4 Å². The minimum atomic E-state index is -1.37. The highest BCUT2D eigenvalue weighted by Gasteiger charge is 2.83. The van der Waals surface area contributed by atoms with Crippen LogP contribution in [0.5, 0.6) is 0 Å². The summed E-state index contributed by atoms with van der Waals surface area (Å²) in [6.07, 6.45) is 7.11. The summed E-state index contributed by atoms with van der Waals surface area (Å²) in [7, 11) is 0. The van der Waals surface area contributed by atoms with Gasteiger partial charge in [-0.25, -0.2) is 14.4 Å². The standard InChI is InChI=1S/C27H34O9/c1-16-8-10-26-14-33-24(31)23(30)17(2)9-11-32-21(28)6-4-5-7-22(29)36-18-13-20(35-19(26)12-16)27(15-34-27)25(18,26)3/h4-7,12,17-20,23,30H,8-11,13-15H2,1-3H3/b6-4-,7-5-. The van der Waals surface area contributed by atoms with Crippen LogP contribution in [0.1, 0.15) is 46.5 Å². The van der Waals surface area contributed by atoms with Crippen LogP contribution in [0.2, 0.25) is 0 Å². The van der Waals surface area contributed by atoms with Crippen molar-refractivity contribution in [3.05, 3.63) is 36.0 Å². The Morgan fingerprint density at radius 3 is 2.47 bits per heavy atom. The largest absolute Gasteiger partial charge is 0.463 e. The molecule has 0 radical (unpaired) electrons. The molecular weight excluding hydrogens is 468 g/mol. The second-order valence-electron chi connectivity index (χ2n) is 11.0. The summed E-state index contributed by atoms with van der Waals surface area (Å²) in [5.41, 5.74) is -0.820. The van der Waals surface area contributed by atoms with Gasteiger partial charge in [0.25, 0.3) is 0 Å². The fourth-order valence-electron chi connectivity index (χ4n) is 6.65. The number of epoxide rings is 1. The van der Waals surface area contributed by atoms with Crippen molar-refractivity contribution in [1.82, 2.24) is 0 Å². The minimum absolute atomic E-state index is 0.00000344. The van der Waals surface area contributed by atoms with Gasteiger partial charge in [-0.1, -0.05) is 37.6 Å². The van der Waals surface area contributed by atoms with Gasteiger partial charge < -0.3 is 28.8 Å². The maximum absolute atomic E-state index is 12.9. The van der Waals surface area contributed by atoms with E-state index in [-0.39, 0.29) is 31.8 Å². The van der Waals surface area contributed by atoms with Crippen LogP contribution >= 0.6 is 0 Å². The molecule has 2 saturated heterocycles. The number of carbonyl (C=O) groups is 3. The Morgan fingerprint density at radius 1 is 1.03 bits per heavy atom. The van der Waals surface area contributed by atoms with Crippen LogP contribution in [0.15, 0.2) is 36.0 Å². The van der Waals surface area contributed by atoms with Crippen LogP contribution in [0, 0.1) is 16.7 Å². The molecule has 2 spiro atoms. The van der Waals surface area contributed by atoms with Gasteiger partial charge >= 0.3 is 17.9 Å². The quantitative estimate of drug-likeness (QED) is 0.230. The molecule has 9 nitrogen and oxygen atoms in total. The van der Waals surface area contributed by atoms with Crippen molar-refractivity contribution >= 4 is 17.9 Å². The zero-order chi connectivity index (χ0) is 25.7. The van der Waals surface area contributed by atoms with Crippen molar-refractivity contribution < 1.29 is 43.2 Å². The SMILES string of the molecule is CC1=CC2OC3CC4OC(=O)/C=C\C=C/C(=O)OCCC(C)C(O)C(=O)OCC2(CC1)C4(C)C31CO1. The average Bonchev–Trinajstić information content (AvgIpc) is 3.62. The van der Waals surface area contributed by atoms with Gasteiger partial charge in [0, 0.05) is 24.0 Å². The Labute approximate surface area is 210 Å². The lowest BCUT2D eigenvalue weighted by Crippen LogP contribution is -2.66. The highest BCUT2D eigenvalue weighted by Crippen LogP contribution is 2.72. The lowest BCUT2D eigenvalue weighted by atomic mass is 9.51. The molecular formula is C27H34O9. The van der Waals surface area contributed by atoms with E-state index < -0.39 is 52.5 Å². The molecule has 9 heteroatoms. The molecule has 196 valence electrons. The number of esters is 3. The first-order chi connectivity index (χ1) is 17.1. The zero-order valence-electron chi connectivity index (χ0n) is 20.9. The number of aliphatic hydroxyl groups excluding tert-OH is 1. The van der Waals surface area contributed by atoms with Crippen LogP contribution in [-0.4, -0.2) is 72.9 Å². The van der Waals surface area contributed by atoms with E-state index in [2.05, 4.69) is 19.9 Å². The van der Waals surface area contributed by atoms with Crippen molar-refractivity contribution in [1.29, 1.82) is 0 Å². The van der Waals surface area contributed by atoms with Gasteiger partial charge in [0.15, 0.2) is 6.10 Å². The van der Waals surface area contributed by atoms with E-state index >= 15 is 0 Å². The summed E-state index contributed by atoms with van der Waals surface area (Å²) in [6.45, 7) is 6.34. The zero-order valence-corrected chi connectivity index (χ0v) is 20.9. The Balaban J connectivity index is 1.52. The second kappa shape index (κ2) is 9.11. The summed E-state index contributed by atoms with van der Waals surface area (Å²) in [6, 6.07) is 0. The smallest absolute Gasteiger partial charge is 0.335 e. The van der Waals surface area contributed by atoms with E-state index in [9.17, 15) is 19.5 Å². The molecule has 8 unspecified atom stereocenters. The molecule has 0 aromatic rings. The molecule has 0 amide bonds. The third-order valence-corrected chi connectivity index (χ3v) is 9.12.